The quantitative estimate of drug-likeness (QED) is 0.716. The smallest absolute Gasteiger partial charge is 0.319 e. The highest BCUT2D eigenvalue weighted by Gasteiger charge is 2.73. The average Bonchev–Trinajstić information content (AvgIpc) is 2.19. The normalized spacial score (nSPS) is 20.2. The molecule has 0 atom stereocenters. The van der Waals surface area contributed by atoms with E-state index in [4.69, 9.17) is 0 Å². The maximum atomic E-state index is 12.8. The monoisotopic (exact) mass is 289 g/mol. The second-order valence-corrected chi connectivity index (χ2v) is 4.14. The predicted molar refractivity (Wildman–Crippen MR) is 58.1 cm³/mol. The number of nitrogens with zero attached hydrogens (tertiary/aromatic N) is 3. The van der Waals surface area contributed by atoms with Crippen molar-refractivity contribution in [3.8, 4) is 0 Å². The SMILES string of the molecule is CCCN1C(C)=NC(C(F)(F)F)(C(F)(F)F)N=C1C. The summed E-state index contributed by atoms with van der Waals surface area (Å²) in [5, 5.41) is 0. The van der Waals surface area contributed by atoms with E-state index in [1.54, 1.807) is 6.92 Å². The zero-order chi connectivity index (χ0) is 15.1. The molecule has 110 valence electrons. The molecule has 0 aromatic heterocycles. The Hall–Kier alpha value is -1.28. The number of hydrogen-bond donors (Lipinski definition) is 0. The van der Waals surface area contributed by atoms with Gasteiger partial charge in [0, 0.05) is 6.54 Å². The van der Waals surface area contributed by atoms with E-state index in [0.717, 1.165) is 13.8 Å². The van der Waals surface area contributed by atoms with Crippen molar-refractivity contribution in [1.82, 2.24) is 4.90 Å². The molecule has 0 N–H and O–H groups in total. The molecular weight excluding hydrogens is 276 g/mol. The summed E-state index contributed by atoms with van der Waals surface area (Å²) in [6, 6.07) is 0. The predicted octanol–water partition coefficient (Wildman–Crippen LogP) is 3.37. The molecule has 1 rings (SSSR count). The highest BCUT2D eigenvalue weighted by molar-refractivity contribution is 6.00. The van der Waals surface area contributed by atoms with Crippen LogP contribution in [-0.4, -0.2) is 41.1 Å². The summed E-state index contributed by atoms with van der Waals surface area (Å²) >= 11 is 0. The van der Waals surface area contributed by atoms with Gasteiger partial charge in [-0.05, 0) is 20.3 Å². The number of rotatable bonds is 2. The van der Waals surface area contributed by atoms with Crippen LogP contribution in [0.1, 0.15) is 27.2 Å². The summed E-state index contributed by atoms with van der Waals surface area (Å²) < 4.78 is 76.8. The molecule has 0 bridgehead atoms. The second-order valence-electron chi connectivity index (χ2n) is 4.14. The molecule has 0 saturated carbocycles. The first-order valence-electron chi connectivity index (χ1n) is 5.50. The molecule has 0 spiro atoms. The Kier molecular flexibility index (Phi) is 3.88. The molecule has 0 aliphatic carbocycles. The molecule has 0 radical (unpaired) electrons. The average molecular weight is 289 g/mol. The van der Waals surface area contributed by atoms with Gasteiger partial charge in [-0.25, -0.2) is 9.98 Å². The van der Waals surface area contributed by atoms with Crippen LogP contribution < -0.4 is 0 Å². The van der Waals surface area contributed by atoms with Gasteiger partial charge in [-0.2, -0.15) is 26.3 Å². The fourth-order valence-electron chi connectivity index (χ4n) is 1.81. The zero-order valence-corrected chi connectivity index (χ0v) is 10.5. The molecule has 3 nitrogen and oxygen atoms in total. The van der Waals surface area contributed by atoms with Crippen LogP contribution in [0, 0.1) is 0 Å². The Morgan fingerprint density at radius 1 is 0.947 bits per heavy atom. The van der Waals surface area contributed by atoms with Crippen LogP contribution in [0.15, 0.2) is 9.98 Å². The third kappa shape index (κ3) is 2.55. The first-order chi connectivity index (χ1) is 8.46. The summed E-state index contributed by atoms with van der Waals surface area (Å²) in [6.45, 7) is 4.23. The molecule has 0 amide bonds. The van der Waals surface area contributed by atoms with Gasteiger partial charge in [0.25, 0.3) is 0 Å². The molecule has 0 unspecified atom stereocenters. The maximum absolute atomic E-state index is 12.8. The topological polar surface area (TPSA) is 28.0 Å². The number of hydrogen-bond acceptors (Lipinski definition) is 3. The van der Waals surface area contributed by atoms with E-state index in [1.807, 2.05) is 0 Å². The van der Waals surface area contributed by atoms with Crippen molar-refractivity contribution in [2.24, 2.45) is 9.98 Å². The molecule has 0 fully saturated rings. The van der Waals surface area contributed by atoms with Crippen molar-refractivity contribution in [1.29, 1.82) is 0 Å². The van der Waals surface area contributed by atoms with Gasteiger partial charge in [0.2, 0.25) is 0 Å². The highest BCUT2D eigenvalue weighted by Crippen LogP contribution is 2.48. The van der Waals surface area contributed by atoms with Crippen molar-refractivity contribution in [2.45, 2.75) is 45.2 Å². The van der Waals surface area contributed by atoms with Gasteiger partial charge in [0.05, 0.1) is 0 Å². The highest BCUT2D eigenvalue weighted by atomic mass is 19.4. The molecule has 1 heterocycles. The summed E-state index contributed by atoms with van der Waals surface area (Å²) in [4.78, 5) is 6.86. The van der Waals surface area contributed by atoms with Crippen LogP contribution in [0.4, 0.5) is 26.3 Å². The minimum Gasteiger partial charge on any atom is -0.319 e. The van der Waals surface area contributed by atoms with E-state index >= 15 is 0 Å². The Labute approximate surface area is 106 Å². The van der Waals surface area contributed by atoms with E-state index in [2.05, 4.69) is 9.98 Å². The van der Waals surface area contributed by atoms with Crippen LogP contribution in [0.25, 0.3) is 0 Å². The van der Waals surface area contributed by atoms with Gasteiger partial charge in [0.1, 0.15) is 11.7 Å². The van der Waals surface area contributed by atoms with E-state index in [1.165, 1.54) is 4.90 Å². The maximum Gasteiger partial charge on any atom is 0.443 e. The number of halogens is 6. The lowest BCUT2D eigenvalue weighted by atomic mass is 10.1. The van der Waals surface area contributed by atoms with Gasteiger partial charge < -0.3 is 4.90 Å². The molecule has 1 aliphatic heterocycles. The van der Waals surface area contributed by atoms with Crippen molar-refractivity contribution in [3.63, 3.8) is 0 Å². The lowest BCUT2D eigenvalue weighted by Crippen LogP contribution is -2.58. The second kappa shape index (κ2) is 4.68. The van der Waals surface area contributed by atoms with Crippen molar-refractivity contribution >= 4 is 11.7 Å². The summed E-state index contributed by atoms with van der Waals surface area (Å²) in [5.41, 5.74) is -4.39. The Balaban J connectivity index is 3.40. The van der Waals surface area contributed by atoms with Crippen molar-refractivity contribution < 1.29 is 26.3 Å². The lowest BCUT2D eigenvalue weighted by molar-refractivity contribution is -0.293. The summed E-state index contributed by atoms with van der Waals surface area (Å²) in [6.07, 6.45) is -10.7. The van der Waals surface area contributed by atoms with Crippen LogP contribution in [0.5, 0.6) is 0 Å². The van der Waals surface area contributed by atoms with Gasteiger partial charge >= 0.3 is 18.0 Å². The van der Waals surface area contributed by atoms with Gasteiger partial charge in [-0.1, -0.05) is 6.92 Å². The number of amidine groups is 2. The third-order valence-corrected chi connectivity index (χ3v) is 2.67. The first kappa shape index (κ1) is 15.8. The standard InChI is InChI=1S/C10H13F6N3/c1-4-5-19-6(2)17-8(9(11,12)13,10(14,15)16)18-7(19)3/h4-5H2,1-3H3. The summed E-state index contributed by atoms with van der Waals surface area (Å²) in [5.74, 6) is -0.687. The fourth-order valence-corrected chi connectivity index (χ4v) is 1.81. The van der Waals surface area contributed by atoms with Crippen LogP contribution in [0.3, 0.4) is 0 Å². The minimum absolute atomic E-state index is 0.260. The van der Waals surface area contributed by atoms with E-state index in [0.29, 0.717) is 6.42 Å². The van der Waals surface area contributed by atoms with E-state index < -0.39 is 18.0 Å². The largest absolute Gasteiger partial charge is 0.443 e. The zero-order valence-electron chi connectivity index (χ0n) is 10.5. The molecule has 0 aromatic rings. The van der Waals surface area contributed by atoms with Crippen molar-refractivity contribution in [3.05, 3.63) is 0 Å². The lowest BCUT2D eigenvalue weighted by Gasteiger charge is -2.37. The van der Waals surface area contributed by atoms with Gasteiger partial charge in [0.15, 0.2) is 0 Å². The molecule has 1 aliphatic rings. The third-order valence-electron chi connectivity index (χ3n) is 2.67. The number of aliphatic imine (C=N–C) groups is 2. The molecular formula is C10H13F6N3. The van der Waals surface area contributed by atoms with Crippen LogP contribution in [-0.2, 0) is 0 Å². The van der Waals surface area contributed by atoms with Gasteiger partial charge in [-0.3, -0.25) is 0 Å². The Morgan fingerprint density at radius 3 is 1.58 bits per heavy atom. The van der Waals surface area contributed by atoms with E-state index in [9.17, 15) is 26.3 Å². The molecule has 9 heteroatoms. The molecule has 0 saturated heterocycles. The molecule has 19 heavy (non-hydrogen) atoms. The summed E-state index contributed by atoms with van der Waals surface area (Å²) in [7, 11) is 0. The van der Waals surface area contributed by atoms with Crippen LogP contribution in [0.2, 0.25) is 0 Å². The first-order valence-corrected chi connectivity index (χ1v) is 5.50. The van der Waals surface area contributed by atoms with E-state index in [-0.39, 0.29) is 18.2 Å². The van der Waals surface area contributed by atoms with Crippen molar-refractivity contribution in [2.75, 3.05) is 6.54 Å². The number of alkyl halides is 6. The fraction of sp³-hybridized carbons (Fsp3) is 0.800. The van der Waals surface area contributed by atoms with Gasteiger partial charge in [-0.15, -0.1) is 0 Å². The Morgan fingerprint density at radius 2 is 1.32 bits per heavy atom. The Bertz CT molecular complexity index is 370. The van der Waals surface area contributed by atoms with Crippen LogP contribution >= 0.6 is 0 Å². The minimum atomic E-state index is -5.63. The molecule has 0 aromatic carbocycles.